The van der Waals surface area contributed by atoms with Crippen LogP contribution in [0.3, 0.4) is 0 Å². The van der Waals surface area contributed by atoms with Crippen LogP contribution in [-0.4, -0.2) is 67.3 Å². The molecule has 162 valence electrons. The summed E-state index contributed by atoms with van der Waals surface area (Å²) in [5.41, 5.74) is -0.319. The number of carbonyl (C=O) groups is 1. The van der Waals surface area contributed by atoms with Crippen LogP contribution in [0.1, 0.15) is 55.8 Å². The lowest BCUT2D eigenvalue weighted by Gasteiger charge is -2.50. The Morgan fingerprint density at radius 2 is 1.72 bits per heavy atom. The predicted octanol–water partition coefficient (Wildman–Crippen LogP) is 2.77. The number of carbonyl (C=O) groups excluding carboxylic acids is 1. The topological polar surface area (TPSA) is 69.7 Å². The SMILES string of the molecule is CCCS(=O)(=O)N1CCN(C2(C(F)NC(=O)c3ccccc3)CCCCC2)CC1. The summed E-state index contributed by atoms with van der Waals surface area (Å²) >= 11 is 0. The van der Waals surface area contributed by atoms with E-state index in [1.165, 1.54) is 4.31 Å². The molecule has 1 saturated heterocycles. The van der Waals surface area contributed by atoms with Crippen LogP contribution >= 0.6 is 0 Å². The molecule has 1 amide bonds. The molecule has 1 heterocycles. The Labute approximate surface area is 173 Å². The highest BCUT2D eigenvalue weighted by Gasteiger charge is 2.47. The van der Waals surface area contributed by atoms with Gasteiger partial charge in [-0.05, 0) is 31.4 Å². The Bertz CT molecular complexity index is 774. The van der Waals surface area contributed by atoms with E-state index in [9.17, 15) is 13.2 Å². The summed E-state index contributed by atoms with van der Waals surface area (Å²) in [6, 6.07) is 8.68. The van der Waals surface area contributed by atoms with E-state index < -0.39 is 27.8 Å². The summed E-state index contributed by atoms with van der Waals surface area (Å²) in [7, 11) is -3.24. The van der Waals surface area contributed by atoms with Crippen molar-refractivity contribution in [2.24, 2.45) is 0 Å². The number of hydrogen-bond acceptors (Lipinski definition) is 4. The Morgan fingerprint density at radius 1 is 1.10 bits per heavy atom. The maximum Gasteiger partial charge on any atom is 0.253 e. The first-order valence-corrected chi connectivity index (χ1v) is 12.2. The minimum absolute atomic E-state index is 0.150. The highest BCUT2D eigenvalue weighted by atomic mass is 32.2. The smallest absolute Gasteiger partial charge is 0.253 e. The lowest BCUT2D eigenvalue weighted by atomic mass is 9.78. The summed E-state index contributed by atoms with van der Waals surface area (Å²) in [4.78, 5) is 14.6. The fraction of sp³-hybridized carbons (Fsp3) is 0.667. The summed E-state index contributed by atoms with van der Waals surface area (Å²) < 4.78 is 41.9. The molecule has 8 heteroatoms. The van der Waals surface area contributed by atoms with Crippen LogP contribution in [-0.2, 0) is 10.0 Å². The third-order valence-electron chi connectivity index (χ3n) is 6.21. The second-order valence-corrected chi connectivity index (χ2v) is 10.2. The normalized spacial score (nSPS) is 22.1. The van der Waals surface area contributed by atoms with Gasteiger partial charge >= 0.3 is 0 Å². The number of rotatable bonds is 7. The molecule has 1 aromatic rings. The van der Waals surface area contributed by atoms with Gasteiger partial charge in [-0.2, -0.15) is 4.31 Å². The van der Waals surface area contributed by atoms with Crippen molar-refractivity contribution in [2.75, 3.05) is 31.9 Å². The number of piperazine rings is 1. The third kappa shape index (κ3) is 4.98. The Morgan fingerprint density at radius 3 is 2.31 bits per heavy atom. The molecule has 1 atom stereocenters. The first-order valence-electron chi connectivity index (χ1n) is 10.6. The fourth-order valence-electron chi connectivity index (χ4n) is 4.61. The fourth-order valence-corrected chi connectivity index (χ4v) is 6.11. The summed E-state index contributed by atoms with van der Waals surface area (Å²) in [6.07, 6.45) is 3.33. The van der Waals surface area contributed by atoms with E-state index in [0.29, 0.717) is 51.0 Å². The molecular formula is C21H32FN3O3S. The van der Waals surface area contributed by atoms with Crippen molar-refractivity contribution in [1.29, 1.82) is 0 Å². The molecule has 2 fully saturated rings. The van der Waals surface area contributed by atoms with E-state index in [2.05, 4.69) is 10.2 Å². The number of amides is 1. The molecule has 1 N–H and O–H groups in total. The van der Waals surface area contributed by atoms with Crippen LogP contribution in [0.4, 0.5) is 4.39 Å². The maximum absolute atomic E-state index is 15.6. The van der Waals surface area contributed by atoms with Gasteiger partial charge in [-0.25, -0.2) is 12.8 Å². The van der Waals surface area contributed by atoms with E-state index in [4.69, 9.17) is 0 Å². The van der Waals surface area contributed by atoms with Gasteiger partial charge < -0.3 is 5.32 Å². The molecule has 1 aromatic carbocycles. The zero-order valence-corrected chi connectivity index (χ0v) is 18.0. The highest BCUT2D eigenvalue weighted by molar-refractivity contribution is 7.89. The Hall–Kier alpha value is -1.51. The average Bonchev–Trinajstić information content (AvgIpc) is 2.75. The first kappa shape index (κ1) is 22.2. The van der Waals surface area contributed by atoms with Crippen LogP contribution in [0.2, 0.25) is 0 Å². The first-order chi connectivity index (χ1) is 13.9. The Kier molecular flexibility index (Phi) is 7.29. The molecule has 1 unspecified atom stereocenters. The van der Waals surface area contributed by atoms with Gasteiger partial charge in [-0.1, -0.05) is 44.4 Å². The minimum Gasteiger partial charge on any atom is -0.321 e. The van der Waals surface area contributed by atoms with Gasteiger partial charge in [0.05, 0.1) is 11.3 Å². The van der Waals surface area contributed by atoms with Gasteiger partial charge in [0.1, 0.15) is 0 Å². The van der Waals surface area contributed by atoms with Gasteiger partial charge in [0.25, 0.3) is 5.91 Å². The van der Waals surface area contributed by atoms with Crippen molar-refractivity contribution in [3.05, 3.63) is 35.9 Å². The quantitative estimate of drug-likeness (QED) is 0.682. The zero-order chi connectivity index (χ0) is 20.9. The van der Waals surface area contributed by atoms with Gasteiger partial charge in [0.15, 0.2) is 6.30 Å². The van der Waals surface area contributed by atoms with Gasteiger partial charge in [0.2, 0.25) is 10.0 Å². The minimum atomic E-state index is -3.24. The molecule has 3 rings (SSSR count). The van der Waals surface area contributed by atoms with Crippen molar-refractivity contribution < 1.29 is 17.6 Å². The molecule has 2 aliphatic rings. The number of halogens is 1. The van der Waals surface area contributed by atoms with Crippen molar-refractivity contribution in [1.82, 2.24) is 14.5 Å². The van der Waals surface area contributed by atoms with Crippen molar-refractivity contribution in [3.63, 3.8) is 0 Å². The number of hydrogen-bond donors (Lipinski definition) is 1. The van der Waals surface area contributed by atoms with Crippen LogP contribution < -0.4 is 5.32 Å². The molecule has 6 nitrogen and oxygen atoms in total. The van der Waals surface area contributed by atoms with Crippen molar-refractivity contribution in [3.8, 4) is 0 Å². The lowest BCUT2D eigenvalue weighted by Crippen LogP contribution is -2.65. The predicted molar refractivity (Wildman–Crippen MR) is 112 cm³/mol. The van der Waals surface area contributed by atoms with E-state index >= 15 is 4.39 Å². The number of nitrogens with one attached hydrogen (secondary N) is 1. The van der Waals surface area contributed by atoms with E-state index in [1.807, 2.05) is 13.0 Å². The lowest BCUT2D eigenvalue weighted by molar-refractivity contribution is -0.0425. The van der Waals surface area contributed by atoms with Gasteiger partial charge in [-0.3, -0.25) is 9.69 Å². The van der Waals surface area contributed by atoms with Crippen LogP contribution in [0.15, 0.2) is 30.3 Å². The number of sulfonamides is 1. The summed E-state index contributed by atoms with van der Waals surface area (Å²) in [5.74, 6) is -0.260. The van der Waals surface area contributed by atoms with E-state index in [1.54, 1.807) is 24.3 Å². The molecule has 0 radical (unpaired) electrons. The molecule has 0 spiro atoms. The molecule has 0 bridgehead atoms. The second-order valence-electron chi connectivity index (χ2n) is 8.07. The van der Waals surface area contributed by atoms with Crippen molar-refractivity contribution in [2.45, 2.75) is 57.3 Å². The summed E-state index contributed by atoms with van der Waals surface area (Å²) in [5, 5.41) is 2.59. The molecule has 29 heavy (non-hydrogen) atoms. The molecule has 0 aromatic heterocycles. The maximum atomic E-state index is 15.6. The summed E-state index contributed by atoms with van der Waals surface area (Å²) in [6.45, 7) is 3.59. The van der Waals surface area contributed by atoms with Crippen LogP contribution in [0.5, 0.6) is 0 Å². The second kappa shape index (κ2) is 9.53. The molecular weight excluding hydrogens is 393 g/mol. The number of alkyl halides is 1. The van der Waals surface area contributed by atoms with Gasteiger partial charge in [0, 0.05) is 31.7 Å². The number of nitrogens with zero attached hydrogens (tertiary/aromatic N) is 2. The Balaban J connectivity index is 1.71. The number of benzene rings is 1. The molecule has 1 aliphatic heterocycles. The monoisotopic (exact) mass is 425 g/mol. The standard InChI is InChI=1S/C21H32FN3O3S/c1-2-17-29(27,28)25-15-13-24(14-16-25)21(11-7-4-8-12-21)20(22)23-19(26)18-9-5-3-6-10-18/h3,5-6,9-10,20H,2,4,7-8,11-17H2,1H3,(H,23,26). The molecule has 1 saturated carbocycles. The van der Waals surface area contributed by atoms with Crippen LogP contribution in [0.25, 0.3) is 0 Å². The highest BCUT2D eigenvalue weighted by Crippen LogP contribution is 2.38. The largest absolute Gasteiger partial charge is 0.321 e. The third-order valence-corrected chi connectivity index (χ3v) is 8.28. The average molecular weight is 426 g/mol. The van der Waals surface area contributed by atoms with Gasteiger partial charge in [-0.15, -0.1) is 0 Å². The van der Waals surface area contributed by atoms with Crippen LogP contribution in [0, 0.1) is 0 Å². The van der Waals surface area contributed by atoms with Crippen molar-refractivity contribution >= 4 is 15.9 Å². The molecule has 1 aliphatic carbocycles. The zero-order valence-electron chi connectivity index (χ0n) is 17.1. The van der Waals surface area contributed by atoms with E-state index in [-0.39, 0.29) is 5.75 Å². The van der Waals surface area contributed by atoms with E-state index in [0.717, 1.165) is 19.3 Å².